The molecule has 0 aliphatic carbocycles. The predicted octanol–water partition coefficient (Wildman–Crippen LogP) is 3.43. The second kappa shape index (κ2) is 3.75. The zero-order chi connectivity index (χ0) is 8.97. The molecule has 0 unspecified atom stereocenters. The van der Waals surface area contributed by atoms with Crippen LogP contribution in [0.4, 0.5) is 0 Å². The van der Waals surface area contributed by atoms with Crippen LogP contribution in [0.5, 0.6) is 0 Å². The van der Waals surface area contributed by atoms with Crippen LogP contribution in [-0.4, -0.2) is 0 Å². The molecule has 0 nitrogen and oxygen atoms in total. The molecule has 0 aromatic heterocycles. The van der Waals surface area contributed by atoms with Gasteiger partial charge in [-0.3, -0.25) is 0 Å². The minimum atomic E-state index is 0.991. The van der Waals surface area contributed by atoms with Crippen LogP contribution in [0.15, 0.2) is 54.8 Å². The normalized spacial score (nSPS) is 8.75. The Bertz CT molecular complexity index is 324. The lowest BCUT2D eigenvalue weighted by Gasteiger charge is -2.02. The third-order valence-corrected chi connectivity index (χ3v) is 1.84. The minimum Gasteiger partial charge on any atom is -0.125 e. The zero-order valence-corrected chi connectivity index (χ0v) is 7.30. The quantitative estimate of drug-likeness (QED) is 0.454. The van der Waals surface area contributed by atoms with E-state index in [9.17, 15) is 0 Å². The van der Waals surface area contributed by atoms with E-state index in [0.29, 0.717) is 0 Å². The molecule has 0 heterocycles. The molecule has 0 saturated carbocycles. The number of benzene rings is 1. The van der Waals surface area contributed by atoms with Crippen molar-refractivity contribution in [3.8, 4) is 0 Å². The Hall–Kier alpha value is -1.52. The first-order valence-corrected chi connectivity index (χ1v) is 3.87. The van der Waals surface area contributed by atoms with E-state index in [-0.39, 0.29) is 0 Å². The van der Waals surface area contributed by atoms with E-state index in [0.717, 1.165) is 16.7 Å². The summed E-state index contributed by atoms with van der Waals surface area (Å²) < 4.78 is 0. The van der Waals surface area contributed by atoms with Gasteiger partial charge in [-0.1, -0.05) is 43.5 Å². The molecule has 1 aromatic carbocycles. The Balaban J connectivity index is 3.02. The van der Waals surface area contributed by atoms with E-state index < -0.39 is 0 Å². The largest absolute Gasteiger partial charge is 0.125 e. The van der Waals surface area contributed by atoms with E-state index in [2.05, 4.69) is 18.9 Å². The fourth-order valence-corrected chi connectivity index (χ4v) is 0.963. The smallest absolute Gasteiger partial charge is 0.00252 e. The molecule has 0 heteroatoms. The van der Waals surface area contributed by atoms with Crippen LogP contribution < -0.4 is 0 Å². The van der Waals surface area contributed by atoms with Gasteiger partial charge in [-0.2, -0.15) is 0 Å². The Morgan fingerprint density at radius 3 is 2.33 bits per heavy atom. The average Bonchev–Trinajstić information content (AvgIpc) is 2.17. The molecular weight excluding hydrogens is 144 g/mol. The molecular formula is C12H12. The molecule has 0 N–H and O–H groups in total. The maximum absolute atomic E-state index is 3.96. The van der Waals surface area contributed by atoms with Crippen LogP contribution in [0.25, 0.3) is 5.57 Å². The Morgan fingerprint density at radius 1 is 1.25 bits per heavy atom. The van der Waals surface area contributed by atoms with Crippen molar-refractivity contribution in [1.29, 1.82) is 0 Å². The molecule has 0 radical (unpaired) electrons. The summed E-state index contributed by atoms with van der Waals surface area (Å²) in [4.78, 5) is 0. The van der Waals surface area contributed by atoms with Gasteiger partial charge in [0, 0.05) is 0 Å². The first-order valence-electron chi connectivity index (χ1n) is 3.87. The molecule has 0 aliphatic rings. The van der Waals surface area contributed by atoms with Gasteiger partial charge >= 0.3 is 0 Å². The first-order chi connectivity index (χ1) is 5.75. The molecule has 1 rings (SSSR count). The number of allylic oxidation sites excluding steroid dienone is 2. The lowest BCUT2D eigenvalue weighted by Crippen LogP contribution is -1.81. The Kier molecular flexibility index (Phi) is 2.68. The summed E-state index contributed by atoms with van der Waals surface area (Å²) in [5.74, 6) is 0. The van der Waals surface area contributed by atoms with Crippen molar-refractivity contribution < 1.29 is 0 Å². The number of hydrogen-bond acceptors (Lipinski definition) is 0. The Labute approximate surface area is 73.6 Å². The molecule has 0 amide bonds. The van der Waals surface area contributed by atoms with Crippen LogP contribution in [0.1, 0.15) is 12.5 Å². The molecule has 12 heavy (non-hydrogen) atoms. The highest BCUT2D eigenvalue weighted by molar-refractivity contribution is 5.76. The lowest BCUT2D eigenvalue weighted by atomic mass is 10.0. The third-order valence-electron chi connectivity index (χ3n) is 1.84. The van der Waals surface area contributed by atoms with Gasteiger partial charge in [-0.05, 0) is 23.6 Å². The second-order valence-electron chi connectivity index (χ2n) is 2.65. The monoisotopic (exact) mass is 156 g/mol. The van der Waals surface area contributed by atoms with Gasteiger partial charge in [-0.15, -0.1) is 5.73 Å². The van der Waals surface area contributed by atoms with Crippen molar-refractivity contribution in [2.24, 2.45) is 0 Å². The van der Waals surface area contributed by atoms with Gasteiger partial charge in [0.2, 0.25) is 0 Å². The van der Waals surface area contributed by atoms with Crippen molar-refractivity contribution in [3.63, 3.8) is 0 Å². The molecule has 0 fully saturated rings. The molecule has 0 bridgehead atoms. The van der Waals surface area contributed by atoms with Crippen molar-refractivity contribution in [2.75, 3.05) is 0 Å². The van der Waals surface area contributed by atoms with Crippen LogP contribution in [0, 0.1) is 0 Å². The van der Waals surface area contributed by atoms with Gasteiger partial charge in [0.1, 0.15) is 0 Å². The fourth-order valence-electron chi connectivity index (χ4n) is 0.963. The summed E-state index contributed by atoms with van der Waals surface area (Å²) in [5, 5.41) is 0. The highest BCUT2D eigenvalue weighted by Gasteiger charge is 1.97. The maximum atomic E-state index is 3.96. The molecule has 1 aromatic rings. The van der Waals surface area contributed by atoms with Gasteiger partial charge in [-0.25, -0.2) is 0 Å². The third kappa shape index (κ3) is 1.75. The Morgan fingerprint density at radius 2 is 1.83 bits per heavy atom. The highest BCUT2D eigenvalue weighted by atomic mass is 14.0. The fraction of sp³-hybridized carbons (Fsp3) is 0.0833. The van der Waals surface area contributed by atoms with E-state index in [1.165, 1.54) is 0 Å². The van der Waals surface area contributed by atoms with Crippen LogP contribution in [-0.2, 0) is 0 Å². The van der Waals surface area contributed by atoms with E-state index in [4.69, 9.17) is 0 Å². The van der Waals surface area contributed by atoms with E-state index >= 15 is 0 Å². The zero-order valence-electron chi connectivity index (χ0n) is 7.30. The van der Waals surface area contributed by atoms with Crippen LogP contribution in [0.3, 0.4) is 0 Å². The van der Waals surface area contributed by atoms with E-state index in [1.807, 2.05) is 37.3 Å². The van der Waals surface area contributed by atoms with Gasteiger partial charge in [0.05, 0.1) is 0 Å². The summed E-state index contributed by atoms with van der Waals surface area (Å²) in [5.41, 5.74) is 5.95. The van der Waals surface area contributed by atoms with Gasteiger partial charge in [0.25, 0.3) is 0 Å². The SMILES string of the molecule is C=C=C(C)C(=C)c1ccccc1. The summed E-state index contributed by atoms with van der Waals surface area (Å²) in [6.45, 7) is 9.50. The predicted molar refractivity (Wildman–Crippen MR) is 53.8 cm³/mol. The summed E-state index contributed by atoms with van der Waals surface area (Å²) in [6, 6.07) is 10.0. The molecule has 0 saturated heterocycles. The lowest BCUT2D eigenvalue weighted by molar-refractivity contribution is 1.52. The topological polar surface area (TPSA) is 0 Å². The molecule has 60 valence electrons. The van der Waals surface area contributed by atoms with Crippen molar-refractivity contribution in [1.82, 2.24) is 0 Å². The summed E-state index contributed by atoms with van der Waals surface area (Å²) in [7, 11) is 0. The van der Waals surface area contributed by atoms with Gasteiger partial charge < -0.3 is 0 Å². The molecule has 0 aliphatic heterocycles. The van der Waals surface area contributed by atoms with Crippen molar-refractivity contribution in [2.45, 2.75) is 6.92 Å². The standard InChI is InChI=1S/C12H12/c1-4-10(2)11(3)12-8-6-5-7-9-12/h5-9H,1,3H2,2H3. The summed E-state index contributed by atoms with van der Waals surface area (Å²) in [6.07, 6.45) is 0. The van der Waals surface area contributed by atoms with Crippen molar-refractivity contribution in [3.05, 3.63) is 60.4 Å². The van der Waals surface area contributed by atoms with Crippen LogP contribution in [0.2, 0.25) is 0 Å². The average molecular weight is 156 g/mol. The highest BCUT2D eigenvalue weighted by Crippen LogP contribution is 2.18. The van der Waals surface area contributed by atoms with Gasteiger partial charge in [0.15, 0.2) is 0 Å². The summed E-state index contributed by atoms with van der Waals surface area (Å²) >= 11 is 0. The van der Waals surface area contributed by atoms with Crippen LogP contribution >= 0.6 is 0 Å². The number of hydrogen-bond donors (Lipinski definition) is 0. The molecule has 0 atom stereocenters. The second-order valence-corrected chi connectivity index (χ2v) is 2.65. The first kappa shape index (κ1) is 8.58. The number of rotatable bonds is 2. The van der Waals surface area contributed by atoms with E-state index in [1.54, 1.807) is 0 Å². The minimum absolute atomic E-state index is 0.991. The van der Waals surface area contributed by atoms with Crippen molar-refractivity contribution >= 4 is 5.57 Å². The maximum Gasteiger partial charge on any atom is -0.00252 e. The molecule has 0 spiro atoms.